The first-order chi connectivity index (χ1) is 11.9. The summed E-state index contributed by atoms with van der Waals surface area (Å²) in [5.41, 5.74) is 0.766. The fourth-order valence-electron chi connectivity index (χ4n) is 2.18. The maximum Gasteiger partial charge on any atom is 0.270 e. The van der Waals surface area contributed by atoms with Gasteiger partial charge in [0, 0.05) is 22.7 Å². The van der Waals surface area contributed by atoms with Crippen LogP contribution in [0.4, 0.5) is 5.69 Å². The Bertz CT molecular complexity index is 810. The van der Waals surface area contributed by atoms with Crippen LogP contribution in [0.5, 0.6) is 0 Å². The highest BCUT2D eigenvalue weighted by atomic mass is 35.5. The van der Waals surface area contributed by atoms with E-state index in [9.17, 15) is 19.7 Å². The molecule has 2 aromatic carbocycles. The molecule has 25 heavy (non-hydrogen) atoms. The number of halogens is 1. The largest absolute Gasteiger partial charge is 0.348 e. The molecule has 1 atom stereocenters. The topological polar surface area (TPSA) is 101 Å². The summed E-state index contributed by atoms with van der Waals surface area (Å²) in [6.45, 7) is 1.55. The minimum absolute atomic E-state index is 0.116. The standard InChI is InChI=1S/C17H16ClN3O4/c1-11(12-4-2-6-14(18)8-12)20-16(22)10-19-17(23)13-5-3-7-15(9-13)21(24)25/h2-9,11H,10H2,1H3,(H,19,23)(H,20,22)/t11-/m0/s1. The predicted octanol–water partition coefficient (Wildman–Crippen LogP) is 2.86. The fourth-order valence-corrected chi connectivity index (χ4v) is 2.37. The lowest BCUT2D eigenvalue weighted by atomic mass is 10.1. The predicted molar refractivity (Wildman–Crippen MR) is 93.4 cm³/mol. The summed E-state index contributed by atoms with van der Waals surface area (Å²) < 4.78 is 0. The summed E-state index contributed by atoms with van der Waals surface area (Å²) in [6, 6.07) is 12.1. The molecule has 0 heterocycles. The molecule has 2 rings (SSSR count). The molecule has 0 radical (unpaired) electrons. The van der Waals surface area contributed by atoms with Crippen LogP contribution in [0.15, 0.2) is 48.5 Å². The number of hydrogen-bond acceptors (Lipinski definition) is 4. The number of carbonyl (C=O) groups is 2. The molecule has 130 valence electrons. The van der Waals surface area contributed by atoms with Crippen LogP contribution >= 0.6 is 11.6 Å². The van der Waals surface area contributed by atoms with E-state index >= 15 is 0 Å². The molecule has 2 amide bonds. The Kier molecular flexibility index (Phi) is 6.08. The van der Waals surface area contributed by atoms with Crippen molar-refractivity contribution < 1.29 is 14.5 Å². The van der Waals surface area contributed by atoms with E-state index in [0.717, 1.165) is 11.6 Å². The normalized spacial score (nSPS) is 11.4. The first-order valence-electron chi connectivity index (χ1n) is 7.44. The summed E-state index contributed by atoms with van der Waals surface area (Å²) in [5.74, 6) is -0.944. The summed E-state index contributed by atoms with van der Waals surface area (Å²) in [5, 5.41) is 16.5. The number of nitrogens with zero attached hydrogens (tertiary/aromatic N) is 1. The van der Waals surface area contributed by atoms with Gasteiger partial charge in [-0.05, 0) is 30.7 Å². The second kappa shape index (κ2) is 8.25. The van der Waals surface area contributed by atoms with Crippen molar-refractivity contribution in [1.82, 2.24) is 10.6 Å². The summed E-state index contributed by atoms with van der Waals surface area (Å²) >= 11 is 5.91. The number of nitro groups is 1. The molecule has 2 aromatic rings. The molecule has 0 unspecified atom stereocenters. The molecule has 0 saturated carbocycles. The molecule has 0 aliphatic carbocycles. The van der Waals surface area contributed by atoms with Crippen LogP contribution in [-0.2, 0) is 4.79 Å². The van der Waals surface area contributed by atoms with Crippen molar-refractivity contribution in [3.63, 3.8) is 0 Å². The van der Waals surface area contributed by atoms with Crippen molar-refractivity contribution in [3.8, 4) is 0 Å². The molecule has 2 N–H and O–H groups in total. The van der Waals surface area contributed by atoms with Gasteiger partial charge in [-0.15, -0.1) is 0 Å². The first kappa shape index (κ1) is 18.4. The van der Waals surface area contributed by atoms with Crippen LogP contribution in [0.1, 0.15) is 28.9 Å². The average molecular weight is 362 g/mol. The zero-order valence-electron chi connectivity index (χ0n) is 13.4. The maximum atomic E-state index is 12.0. The Balaban J connectivity index is 1.90. The lowest BCUT2D eigenvalue weighted by Crippen LogP contribution is -2.38. The number of benzene rings is 2. The van der Waals surface area contributed by atoms with Crippen molar-refractivity contribution >= 4 is 29.1 Å². The quantitative estimate of drug-likeness (QED) is 0.610. The summed E-state index contributed by atoms with van der Waals surface area (Å²) in [7, 11) is 0. The second-order valence-corrected chi connectivity index (χ2v) is 5.77. The van der Waals surface area contributed by atoms with Gasteiger partial charge in [-0.2, -0.15) is 0 Å². The van der Waals surface area contributed by atoms with E-state index in [-0.39, 0.29) is 29.7 Å². The lowest BCUT2D eigenvalue weighted by Gasteiger charge is -2.15. The van der Waals surface area contributed by atoms with E-state index < -0.39 is 10.8 Å². The maximum absolute atomic E-state index is 12.0. The molecular formula is C17H16ClN3O4. The second-order valence-electron chi connectivity index (χ2n) is 5.33. The van der Waals surface area contributed by atoms with Crippen molar-refractivity contribution in [2.45, 2.75) is 13.0 Å². The van der Waals surface area contributed by atoms with E-state index in [1.165, 1.54) is 18.2 Å². The Hall–Kier alpha value is -2.93. The van der Waals surface area contributed by atoms with Gasteiger partial charge in [0.15, 0.2) is 0 Å². The number of carbonyl (C=O) groups excluding carboxylic acids is 2. The van der Waals surface area contributed by atoms with Crippen LogP contribution in [-0.4, -0.2) is 23.3 Å². The third kappa shape index (κ3) is 5.29. The SMILES string of the molecule is C[C@H](NC(=O)CNC(=O)c1cccc([N+](=O)[O-])c1)c1cccc(Cl)c1. The Morgan fingerprint density at radius 3 is 2.60 bits per heavy atom. The highest BCUT2D eigenvalue weighted by molar-refractivity contribution is 6.30. The molecule has 0 aliphatic heterocycles. The third-order valence-electron chi connectivity index (χ3n) is 3.45. The van der Waals surface area contributed by atoms with Crippen LogP contribution in [0.25, 0.3) is 0 Å². The van der Waals surface area contributed by atoms with Gasteiger partial charge in [-0.1, -0.05) is 29.8 Å². The van der Waals surface area contributed by atoms with Crippen molar-refractivity contribution in [2.75, 3.05) is 6.54 Å². The number of hydrogen-bond donors (Lipinski definition) is 2. The molecule has 0 aliphatic rings. The van der Waals surface area contributed by atoms with Gasteiger partial charge in [0.2, 0.25) is 5.91 Å². The molecule has 0 spiro atoms. The fraction of sp³-hybridized carbons (Fsp3) is 0.176. The van der Waals surface area contributed by atoms with Gasteiger partial charge in [0.05, 0.1) is 17.5 Å². The Morgan fingerprint density at radius 1 is 1.20 bits per heavy atom. The Morgan fingerprint density at radius 2 is 1.92 bits per heavy atom. The number of amides is 2. The van der Waals surface area contributed by atoms with Gasteiger partial charge in [-0.25, -0.2) is 0 Å². The van der Waals surface area contributed by atoms with Crippen LogP contribution in [0.3, 0.4) is 0 Å². The highest BCUT2D eigenvalue weighted by Gasteiger charge is 2.14. The van der Waals surface area contributed by atoms with Crippen molar-refractivity contribution in [2.24, 2.45) is 0 Å². The minimum atomic E-state index is -0.587. The molecule has 8 heteroatoms. The molecule has 0 fully saturated rings. The molecule has 0 bridgehead atoms. The minimum Gasteiger partial charge on any atom is -0.348 e. The van der Waals surface area contributed by atoms with Crippen LogP contribution < -0.4 is 10.6 Å². The van der Waals surface area contributed by atoms with E-state index in [2.05, 4.69) is 10.6 Å². The van der Waals surface area contributed by atoms with Gasteiger partial charge >= 0.3 is 0 Å². The number of nitro benzene ring substituents is 1. The van der Waals surface area contributed by atoms with Crippen LogP contribution in [0, 0.1) is 10.1 Å². The smallest absolute Gasteiger partial charge is 0.270 e. The van der Waals surface area contributed by atoms with Gasteiger partial charge in [0.25, 0.3) is 11.6 Å². The summed E-state index contributed by atoms with van der Waals surface area (Å²) in [6.07, 6.45) is 0. The number of nitrogens with one attached hydrogen (secondary N) is 2. The Labute approximate surface area is 149 Å². The summed E-state index contributed by atoms with van der Waals surface area (Å²) in [4.78, 5) is 34.1. The van der Waals surface area contributed by atoms with Gasteiger partial charge < -0.3 is 10.6 Å². The number of rotatable bonds is 6. The molecule has 0 saturated heterocycles. The first-order valence-corrected chi connectivity index (χ1v) is 7.82. The van der Waals surface area contributed by atoms with E-state index in [1.807, 2.05) is 6.07 Å². The van der Waals surface area contributed by atoms with E-state index in [1.54, 1.807) is 25.1 Å². The van der Waals surface area contributed by atoms with E-state index in [0.29, 0.717) is 5.02 Å². The molecular weight excluding hydrogens is 346 g/mol. The van der Waals surface area contributed by atoms with Crippen LogP contribution in [0.2, 0.25) is 5.02 Å². The monoisotopic (exact) mass is 361 g/mol. The van der Waals surface area contributed by atoms with Gasteiger partial charge in [0.1, 0.15) is 0 Å². The van der Waals surface area contributed by atoms with Crippen molar-refractivity contribution in [3.05, 3.63) is 74.8 Å². The number of non-ortho nitro benzene ring substituents is 1. The molecule has 7 nitrogen and oxygen atoms in total. The highest BCUT2D eigenvalue weighted by Crippen LogP contribution is 2.17. The third-order valence-corrected chi connectivity index (χ3v) is 3.69. The van der Waals surface area contributed by atoms with Gasteiger partial charge in [-0.3, -0.25) is 19.7 Å². The molecule has 0 aromatic heterocycles. The lowest BCUT2D eigenvalue weighted by molar-refractivity contribution is -0.384. The zero-order chi connectivity index (χ0) is 18.4. The zero-order valence-corrected chi connectivity index (χ0v) is 14.1. The average Bonchev–Trinajstić information content (AvgIpc) is 2.59. The van der Waals surface area contributed by atoms with Crippen molar-refractivity contribution in [1.29, 1.82) is 0 Å². The van der Waals surface area contributed by atoms with E-state index in [4.69, 9.17) is 11.6 Å².